The molecule has 8 heteroatoms. The van der Waals surface area contributed by atoms with Gasteiger partial charge in [-0.15, -0.1) is 0 Å². The molecule has 0 unspecified atom stereocenters. The van der Waals surface area contributed by atoms with Gasteiger partial charge in [0.05, 0.1) is 10.5 Å². The molecular formula is C24H22ClN3O3S. The zero-order valence-corrected chi connectivity index (χ0v) is 18.9. The van der Waals surface area contributed by atoms with Gasteiger partial charge in [0.15, 0.2) is 5.75 Å². The molecule has 0 radical (unpaired) electrons. The monoisotopic (exact) mass is 467 g/mol. The summed E-state index contributed by atoms with van der Waals surface area (Å²) in [5, 5.41) is 0.480. The van der Waals surface area contributed by atoms with Gasteiger partial charge in [-0.3, -0.25) is 4.72 Å². The quantitative estimate of drug-likeness (QED) is 0.527. The van der Waals surface area contributed by atoms with E-state index in [-0.39, 0.29) is 4.90 Å². The number of hydrogen-bond donors (Lipinski definition) is 1. The maximum atomic E-state index is 12.9. The summed E-state index contributed by atoms with van der Waals surface area (Å²) in [6.45, 7) is 1.81. The van der Waals surface area contributed by atoms with Gasteiger partial charge in [0.25, 0.3) is 10.0 Å². The molecule has 1 fully saturated rings. The van der Waals surface area contributed by atoms with E-state index in [1.54, 1.807) is 30.3 Å². The summed E-state index contributed by atoms with van der Waals surface area (Å²) in [7, 11) is -3.76. The number of piperidine rings is 1. The average Bonchev–Trinajstić information content (AvgIpc) is 2.96. The molecule has 0 aromatic heterocycles. The molecule has 32 heavy (non-hydrogen) atoms. The van der Waals surface area contributed by atoms with Gasteiger partial charge in [-0.1, -0.05) is 23.7 Å². The summed E-state index contributed by atoms with van der Waals surface area (Å²) < 4.78 is 34.6. The number of aliphatic imine (C=N–C) groups is 1. The Hall–Kier alpha value is -3.03. The van der Waals surface area contributed by atoms with Crippen molar-refractivity contribution in [3.8, 4) is 11.5 Å². The number of ether oxygens (including phenoxy) is 1. The molecule has 1 saturated heterocycles. The Kier molecular flexibility index (Phi) is 5.53. The minimum Gasteiger partial charge on any atom is -0.454 e. The Labute approximate surface area is 192 Å². The van der Waals surface area contributed by atoms with E-state index in [1.807, 2.05) is 24.3 Å². The van der Waals surface area contributed by atoms with Crippen LogP contribution < -0.4 is 9.46 Å². The topological polar surface area (TPSA) is 71.0 Å². The van der Waals surface area contributed by atoms with Gasteiger partial charge in [0, 0.05) is 23.8 Å². The van der Waals surface area contributed by atoms with Crippen molar-refractivity contribution in [1.29, 1.82) is 0 Å². The van der Waals surface area contributed by atoms with Crippen molar-refractivity contribution >= 4 is 38.8 Å². The lowest BCUT2D eigenvalue weighted by atomic mass is 10.1. The first-order valence-corrected chi connectivity index (χ1v) is 12.4. The van der Waals surface area contributed by atoms with Crippen LogP contribution in [0.5, 0.6) is 11.5 Å². The van der Waals surface area contributed by atoms with Crippen molar-refractivity contribution in [3.05, 3.63) is 77.3 Å². The summed E-state index contributed by atoms with van der Waals surface area (Å²) in [6.07, 6.45) is 3.39. The molecule has 0 amide bonds. The van der Waals surface area contributed by atoms with Crippen molar-refractivity contribution in [2.45, 2.75) is 24.2 Å². The highest BCUT2D eigenvalue weighted by atomic mass is 35.5. The van der Waals surface area contributed by atoms with Crippen molar-refractivity contribution in [1.82, 2.24) is 4.90 Å². The summed E-state index contributed by atoms with van der Waals surface area (Å²) >= 11 is 5.90. The number of para-hydroxylation sites is 2. The highest BCUT2D eigenvalue weighted by Gasteiger charge is 2.25. The van der Waals surface area contributed by atoms with Crippen LogP contribution in [0.2, 0.25) is 5.02 Å². The normalized spacial score (nSPS) is 15.7. The fourth-order valence-corrected chi connectivity index (χ4v) is 5.14. The number of anilines is 1. The molecule has 164 valence electrons. The first-order valence-electron chi connectivity index (χ1n) is 10.5. The molecule has 2 heterocycles. The molecule has 2 aliphatic rings. The number of sulfonamides is 1. The summed E-state index contributed by atoms with van der Waals surface area (Å²) in [4.78, 5) is 7.33. The third-order valence-corrected chi connectivity index (χ3v) is 7.21. The molecule has 0 bridgehead atoms. The van der Waals surface area contributed by atoms with Crippen molar-refractivity contribution in [2.75, 3.05) is 17.8 Å². The van der Waals surface area contributed by atoms with Crippen LogP contribution in [0, 0.1) is 0 Å². The number of hydrogen-bond acceptors (Lipinski definition) is 5. The van der Waals surface area contributed by atoms with Gasteiger partial charge in [0.1, 0.15) is 17.3 Å². The van der Waals surface area contributed by atoms with Crippen LogP contribution in [0.4, 0.5) is 11.4 Å². The Bertz CT molecular complexity index is 1280. The van der Waals surface area contributed by atoms with Crippen LogP contribution in [0.25, 0.3) is 0 Å². The predicted molar refractivity (Wildman–Crippen MR) is 127 cm³/mol. The lowest BCUT2D eigenvalue weighted by Gasteiger charge is -2.30. The van der Waals surface area contributed by atoms with E-state index in [9.17, 15) is 8.42 Å². The molecule has 0 saturated carbocycles. The third kappa shape index (κ3) is 4.18. The second kappa shape index (κ2) is 8.48. The molecule has 3 aromatic rings. The van der Waals surface area contributed by atoms with E-state index >= 15 is 0 Å². The largest absolute Gasteiger partial charge is 0.454 e. The molecule has 0 spiro atoms. The molecule has 2 aliphatic heterocycles. The standard InChI is InChI=1S/C24H22ClN3O3S/c25-17-8-11-19(12-9-17)32(29,30)27-18-10-13-22-20(16-18)24(28-14-4-1-5-15-28)26-21-6-2-3-7-23(21)31-22/h2-3,6-13,16,27H,1,4-5,14-15H2. The molecule has 3 aromatic carbocycles. The second-order valence-corrected chi connectivity index (χ2v) is 9.94. The highest BCUT2D eigenvalue weighted by Crippen LogP contribution is 2.39. The number of nitrogens with zero attached hydrogens (tertiary/aromatic N) is 2. The number of likely N-dealkylation sites (tertiary alicyclic amines) is 1. The molecule has 5 rings (SSSR count). The minimum atomic E-state index is -3.76. The van der Waals surface area contributed by atoms with E-state index in [0.717, 1.165) is 43.0 Å². The summed E-state index contributed by atoms with van der Waals surface area (Å²) in [5.74, 6) is 2.13. The van der Waals surface area contributed by atoms with E-state index < -0.39 is 10.0 Å². The Morgan fingerprint density at radius 2 is 1.66 bits per heavy atom. The van der Waals surface area contributed by atoms with E-state index in [4.69, 9.17) is 21.3 Å². The molecule has 0 aliphatic carbocycles. The van der Waals surface area contributed by atoms with Gasteiger partial charge in [0.2, 0.25) is 0 Å². The van der Waals surface area contributed by atoms with Gasteiger partial charge in [-0.25, -0.2) is 13.4 Å². The molecule has 6 nitrogen and oxygen atoms in total. The Morgan fingerprint density at radius 1 is 0.906 bits per heavy atom. The van der Waals surface area contributed by atoms with Crippen molar-refractivity contribution in [3.63, 3.8) is 0 Å². The second-order valence-electron chi connectivity index (χ2n) is 7.82. The lowest BCUT2D eigenvalue weighted by Crippen LogP contribution is -2.36. The average molecular weight is 468 g/mol. The third-order valence-electron chi connectivity index (χ3n) is 5.56. The number of nitrogens with one attached hydrogen (secondary N) is 1. The summed E-state index contributed by atoms with van der Waals surface area (Å²) in [5.41, 5.74) is 1.96. The number of halogens is 1. The maximum Gasteiger partial charge on any atom is 0.261 e. The fourth-order valence-electron chi connectivity index (χ4n) is 3.96. The summed E-state index contributed by atoms with van der Waals surface area (Å²) in [6, 6.07) is 19.0. The van der Waals surface area contributed by atoms with Gasteiger partial charge < -0.3 is 9.64 Å². The van der Waals surface area contributed by atoms with E-state index in [1.165, 1.54) is 18.6 Å². The van der Waals surface area contributed by atoms with Crippen LogP contribution in [-0.4, -0.2) is 32.2 Å². The molecule has 0 atom stereocenters. The van der Waals surface area contributed by atoms with Crippen LogP contribution in [0.3, 0.4) is 0 Å². The number of rotatable bonds is 3. The lowest BCUT2D eigenvalue weighted by molar-refractivity contribution is 0.342. The fraction of sp³-hybridized carbons (Fsp3) is 0.208. The van der Waals surface area contributed by atoms with Gasteiger partial charge >= 0.3 is 0 Å². The maximum absolute atomic E-state index is 12.9. The highest BCUT2D eigenvalue weighted by molar-refractivity contribution is 7.92. The first-order chi connectivity index (χ1) is 15.5. The first kappa shape index (κ1) is 20.8. The van der Waals surface area contributed by atoms with Gasteiger partial charge in [-0.05, 0) is 73.9 Å². The van der Waals surface area contributed by atoms with Gasteiger partial charge in [-0.2, -0.15) is 0 Å². The predicted octanol–water partition coefficient (Wildman–Crippen LogP) is 5.81. The Morgan fingerprint density at radius 3 is 2.44 bits per heavy atom. The number of benzene rings is 3. The van der Waals surface area contributed by atoms with E-state index in [0.29, 0.717) is 22.2 Å². The molecular weight excluding hydrogens is 446 g/mol. The smallest absolute Gasteiger partial charge is 0.261 e. The number of fused-ring (bicyclic) bond motifs is 2. The van der Waals surface area contributed by atoms with Crippen molar-refractivity contribution < 1.29 is 13.2 Å². The van der Waals surface area contributed by atoms with Crippen molar-refractivity contribution in [2.24, 2.45) is 4.99 Å². The van der Waals surface area contributed by atoms with Crippen LogP contribution in [-0.2, 0) is 10.0 Å². The minimum absolute atomic E-state index is 0.144. The van der Waals surface area contributed by atoms with E-state index in [2.05, 4.69) is 9.62 Å². The van der Waals surface area contributed by atoms with Crippen LogP contribution in [0.15, 0.2) is 76.6 Å². The van der Waals surface area contributed by atoms with Crippen LogP contribution in [0.1, 0.15) is 24.8 Å². The van der Waals surface area contributed by atoms with Crippen LogP contribution >= 0.6 is 11.6 Å². The molecule has 1 N–H and O–H groups in total. The number of amidine groups is 1. The zero-order valence-electron chi connectivity index (χ0n) is 17.3. The SMILES string of the molecule is O=S(=O)(Nc1ccc2c(c1)C(N1CCCCC1)=Nc1ccccc1O2)c1ccc(Cl)cc1. The zero-order chi connectivity index (χ0) is 22.1. The Balaban J connectivity index is 1.55.